The van der Waals surface area contributed by atoms with E-state index in [1.165, 1.54) is 0 Å². The molecule has 0 spiro atoms. The van der Waals surface area contributed by atoms with Gasteiger partial charge in [0.25, 0.3) is 11.1 Å². The summed E-state index contributed by atoms with van der Waals surface area (Å²) in [6, 6.07) is 10.9. The standard InChI is InChI=1S/C25H28N2O5S/c1-6-31-21-12-18(10-11-20(21)32-15(2)3)13-22-24(29)27(25(30)33-22)14-23(28)26-19-9-7-8-16(4)17(19)5/h7-13,15H,6,14H2,1-5H3,(H,26,28)/b22-13+. The fraction of sp³-hybridized carbons (Fsp3) is 0.320. The van der Waals surface area contributed by atoms with Crippen LogP contribution in [0.15, 0.2) is 41.3 Å². The molecule has 2 aromatic carbocycles. The normalized spacial score (nSPS) is 14.8. The van der Waals surface area contributed by atoms with E-state index >= 15 is 0 Å². The van der Waals surface area contributed by atoms with E-state index < -0.39 is 17.1 Å². The summed E-state index contributed by atoms with van der Waals surface area (Å²) >= 11 is 0.811. The van der Waals surface area contributed by atoms with E-state index in [0.717, 1.165) is 27.8 Å². The van der Waals surface area contributed by atoms with Gasteiger partial charge in [-0.05, 0) is 87.3 Å². The van der Waals surface area contributed by atoms with Gasteiger partial charge in [-0.1, -0.05) is 18.2 Å². The Morgan fingerprint density at radius 2 is 1.91 bits per heavy atom. The van der Waals surface area contributed by atoms with E-state index in [-0.39, 0.29) is 17.6 Å². The van der Waals surface area contributed by atoms with E-state index in [2.05, 4.69) is 5.32 Å². The summed E-state index contributed by atoms with van der Waals surface area (Å²) in [5.41, 5.74) is 3.34. The molecule has 2 aromatic rings. The highest BCUT2D eigenvalue weighted by Crippen LogP contribution is 2.35. The van der Waals surface area contributed by atoms with Gasteiger partial charge in [-0.2, -0.15) is 0 Å². The Labute approximate surface area is 198 Å². The van der Waals surface area contributed by atoms with Crippen molar-refractivity contribution in [3.8, 4) is 11.5 Å². The molecule has 0 atom stereocenters. The summed E-state index contributed by atoms with van der Waals surface area (Å²) in [4.78, 5) is 39.0. The van der Waals surface area contributed by atoms with Gasteiger partial charge >= 0.3 is 0 Å². The Morgan fingerprint density at radius 3 is 2.61 bits per heavy atom. The van der Waals surface area contributed by atoms with Gasteiger partial charge in [0.15, 0.2) is 11.5 Å². The molecule has 33 heavy (non-hydrogen) atoms. The molecule has 1 heterocycles. The lowest BCUT2D eigenvalue weighted by Gasteiger charge is -2.15. The summed E-state index contributed by atoms with van der Waals surface area (Å²) < 4.78 is 11.4. The van der Waals surface area contributed by atoms with Crippen LogP contribution in [0.5, 0.6) is 11.5 Å². The van der Waals surface area contributed by atoms with E-state index in [4.69, 9.17) is 9.47 Å². The van der Waals surface area contributed by atoms with Crippen LogP contribution in [0.3, 0.4) is 0 Å². The highest BCUT2D eigenvalue weighted by Gasteiger charge is 2.36. The van der Waals surface area contributed by atoms with Crippen LogP contribution in [0.4, 0.5) is 10.5 Å². The molecular formula is C25H28N2O5S. The predicted octanol–water partition coefficient (Wildman–Crippen LogP) is 5.16. The van der Waals surface area contributed by atoms with Gasteiger partial charge in [0.2, 0.25) is 5.91 Å². The molecule has 0 aromatic heterocycles. The first-order valence-electron chi connectivity index (χ1n) is 10.7. The Bertz CT molecular complexity index is 1110. The maximum atomic E-state index is 12.8. The lowest BCUT2D eigenvalue weighted by atomic mass is 10.1. The molecule has 1 aliphatic rings. The Balaban J connectivity index is 1.74. The Morgan fingerprint density at radius 1 is 1.15 bits per heavy atom. The molecule has 1 aliphatic heterocycles. The van der Waals surface area contributed by atoms with E-state index in [9.17, 15) is 14.4 Å². The average Bonchev–Trinajstić information content (AvgIpc) is 3.00. The van der Waals surface area contributed by atoms with Crippen molar-refractivity contribution < 1.29 is 23.9 Å². The van der Waals surface area contributed by atoms with Crippen molar-refractivity contribution in [1.82, 2.24) is 4.90 Å². The minimum Gasteiger partial charge on any atom is -0.490 e. The molecule has 0 aliphatic carbocycles. The van der Waals surface area contributed by atoms with Gasteiger partial charge in [0.05, 0.1) is 17.6 Å². The minimum absolute atomic E-state index is 0.0127. The maximum Gasteiger partial charge on any atom is 0.294 e. The summed E-state index contributed by atoms with van der Waals surface area (Å²) in [5, 5.41) is 2.30. The Kier molecular flexibility index (Phi) is 7.81. The summed E-state index contributed by atoms with van der Waals surface area (Å²) in [6.07, 6.45) is 1.61. The van der Waals surface area contributed by atoms with Crippen molar-refractivity contribution in [3.05, 3.63) is 58.0 Å². The molecule has 1 N–H and O–H groups in total. The van der Waals surface area contributed by atoms with Crippen LogP contribution in [-0.2, 0) is 9.59 Å². The number of carbonyl (C=O) groups is 3. The van der Waals surface area contributed by atoms with Crippen LogP contribution in [0.1, 0.15) is 37.5 Å². The molecule has 7 nitrogen and oxygen atoms in total. The third-order valence-electron chi connectivity index (χ3n) is 4.98. The van der Waals surface area contributed by atoms with Gasteiger partial charge in [-0.3, -0.25) is 19.3 Å². The number of anilines is 1. The van der Waals surface area contributed by atoms with Gasteiger partial charge in [-0.25, -0.2) is 0 Å². The Hall–Kier alpha value is -3.26. The third-order valence-corrected chi connectivity index (χ3v) is 5.89. The van der Waals surface area contributed by atoms with Gasteiger partial charge in [0, 0.05) is 5.69 Å². The first-order valence-corrected chi connectivity index (χ1v) is 11.6. The molecule has 0 saturated carbocycles. The van der Waals surface area contributed by atoms with Crippen molar-refractivity contribution in [2.24, 2.45) is 0 Å². The lowest BCUT2D eigenvalue weighted by molar-refractivity contribution is -0.127. The smallest absolute Gasteiger partial charge is 0.294 e. The average molecular weight is 469 g/mol. The second-order valence-corrected chi connectivity index (χ2v) is 8.86. The number of nitrogens with one attached hydrogen (secondary N) is 1. The highest BCUT2D eigenvalue weighted by molar-refractivity contribution is 8.18. The fourth-order valence-electron chi connectivity index (χ4n) is 3.24. The molecule has 3 rings (SSSR count). The van der Waals surface area contributed by atoms with Crippen molar-refractivity contribution >= 4 is 40.6 Å². The number of rotatable bonds is 8. The fourth-order valence-corrected chi connectivity index (χ4v) is 4.08. The van der Waals surface area contributed by atoms with Crippen LogP contribution in [0.2, 0.25) is 0 Å². The third kappa shape index (κ3) is 5.96. The van der Waals surface area contributed by atoms with E-state index in [1.54, 1.807) is 30.3 Å². The lowest BCUT2D eigenvalue weighted by Crippen LogP contribution is -2.36. The number of thioether (sulfide) groups is 1. The van der Waals surface area contributed by atoms with Crippen LogP contribution in [-0.4, -0.2) is 41.2 Å². The second-order valence-electron chi connectivity index (χ2n) is 7.87. The zero-order valence-corrected chi connectivity index (χ0v) is 20.2. The largest absolute Gasteiger partial charge is 0.490 e. The van der Waals surface area contributed by atoms with Crippen LogP contribution in [0.25, 0.3) is 6.08 Å². The van der Waals surface area contributed by atoms with E-state index in [0.29, 0.717) is 29.4 Å². The number of amides is 3. The molecule has 1 saturated heterocycles. The van der Waals surface area contributed by atoms with Crippen LogP contribution < -0.4 is 14.8 Å². The topological polar surface area (TPSA) is 84.9 Å². The zero-order valence-electron chi connectivity index (χ0n) is 19.4. The number of aryl methyl sites for hydroxylation is 1. The molecule has 3 amide bonds. The van der Waals surface area contributed by atoms with Gasteiger partial charge in [0.1, 0.15) is 6.54 Å². The second kappa shape index (κ2) is 10.6. The van der Waals surface area contributed by atoms with Crippen molar-refractivity contribution in [2.75, 3.05) is 18.5 Å². The number of benzene rings is 2. The SMILES string of the molecule is CCOc1cc(/C=C2/SC(=O)N(CC(=O)Nc3cccc(C)c3C)C2=O)ccc1OC(C)C. The first-order chi connectivity index (χ1) is 15.7. The highest BCUT2D eigenvalue weighted by atomic mass is 32.2. The monoisotopic (exact) mass is 468 g/mol. The number of hydrogen-bond donors (Lipinski definition) is 1. The number of carbonyl (C=O) groups excluding carboxylic acids is 3. The van der Waals surface area contributed by atoms with Crippen molar-refractivity contribution in [1.29, 1.82) is 0 Å². The first kappa shape index (κ1) is 24.4. The minimum atomic E-state index is -0.499. The number of hydrogen-bond acceptors (Lipinski definition) is 6. The zero-order chi connectivity index (χ0) is 24.1. The maximum absolute atomic E-state index is 12.8. The van der Waals surface area contributed by atoms with Crippen LogP contribution in [0, 0.1) is 13.8 Å². The van der Waals surface area contributed by atoms with Crippen molar-refractivity contribution in [3.63, 3.8) is 0 Å². The molecule has 0 bridgehead atoms. The van der Waals surface area contributed by atoms with Gasteiger partial charge < -0.3 is 14.8 Å². The molecule has 174 valence electrons. The summed E-state index contributed by atoms with van der Waals surface area (Å²) in [7, 11) is 0. The van der Waals surface area contributed by atoms with Crippen molar-refractivity contribution in [2.45, 2.75) is 40.7 Å². The molecule has 8 heteroatoms. The number of imide groups is 1. The summed E-state index contributed by atoms with van der Waals surface area (Å²) in [6.45, 7) is 9.70. The summed E-state index contributed by atoms with van der Waals surface area (Å²) in [5.74, 6) is 0.245. The quantitative estimate of drug-likeness (QED) is 0.539. The molecule has 1 fully saturated rings. The molecule has 0 radical (unpaired) electrons. The molecular weight excluding hydrogens is 440 g/mol. The number of nitrogens with zero attached hydrogens (tertiary/aromatic N) is 1. The molecule has 0 unspecified atom stereocenters. The van der Waals surface area contributed by atoms with E-state index in [1.807, 2.05) is 46.8 Å². The van der Waals surface area contributed by atoms with Gasteiger partial charge in [-0.15, -0.1) is 0 Å². The predicted molar refractivity (Wildman–Crippen MR) is 131 cm³/mol. The number of ether oxygens (including phenoxy) is 2. The van der Waals surface area contributed by atoms with Crippen LogP contribution >= 0.6 is 11.8 Å².